The zero-order valence-corrected chi connectivity index (χ0v) is 13.3. The van der Waals surface area contributed by atoms with E-state index in [0.717, 1.165) is 25.0 Å². The molecular formula is C18H28O3. The van der Waals surface area contributed by atoms with Gasteiger partial charge in [-0.25, -0.2) is 4.79 Å². The predicted molar refractivity (Wildman–Crippen MR) is 85.5 cm³/mol. The van der Waals surface area contributed by atoms with Gasteiger partial charge in [0.25, 0.3) is 0 Å². The first kappa shape index (κ1) is 17.5. The quantitative estimate of drug-likeness (QED) is 0.436. The second kappa shape index (κ2) is 11.2. The minimum Gasteiger partial charge on any atom is -0.479 e. The van der Waals surface area contributed by atoms with Gasteiger partial charge in [-0.3, -0.25) is 0 Å². The summed E-state index contributed by atoms with van der Waals surface area (Å²) in [6.45, 7) is 4.43. The van der Waals surface area contributed by atoms with Gasteiger partial charge in [0.15, 0.2) is 6.10 Å². The fourth-order valence-corrected chi connectivity index (χ4v) is 2.23. The highest BCUT2D eigenvalue weighted by Crippen LogP contribution is 2.16. The summed E-state index contributed by atoms with van der Waals surface area (Å²) in [6.07, 6.45) is 7.44. The highest BCUT2D eigenvalue weighted by Gasteiger charge is 2.21. The topological polar surface area (TPSA) is 35.5 Å². The van der Waals surface area contributed by atoms with Crippen molar-refractivity contribution in [2.45, 2.75) is 64.9 Å². The van der Waals surface area contributed by atoms with Crippen molar-refractivity contribution in [3.63, 3.8) is 0 Å². The normalized spacial score (nSPS) is 11.9. The maximum Gasteiger partial charge on any atom is 0.347 e. The van der Waals surface area contributed by atoms with Gasteiger partial charge in [-0.1, -0.05) is 57.2 Å². The first-order valence-corrected chi connectivity index (χ1v) is 8.16. The molecule has 0 heterocycles. The molecule has 1 aromatic rings. The number of ether oxygens (including phenoxy) is 2. The number of benzene rings is 1. The summed E-state index contributed by atoms with van der Waals surface area (Å²) in [6, 6.07) is 9.48. The fourth-order valence-electron chi connectivity index (χ4n) is 2.23. The average Bonchev–Trinajstić information content (AvgIpc) is 2.50. The van der Waals surface area contributed by atoms with E-state index in [4.69, 9.17) is 9.47 Å². The van der Waals surface area contributed by atoms with Gasteiger partial charge >= 0.3 is 5.97 Å². The van der Waals surface area contributed by atoms with Crippen molar-refractivity contribution in [1.82, 2.24) is 0 Å². The molecule has 0 N–H and O–H groups in total. The smallest absolute Gasteiger partial charge is 0.347 e. The summed E-state index contributed by atoms with van der Waals surface area (Å²) in [4.78, 5) is 12.0. The van der Waals surface area contributed by atoms with Crippen LogP contribution in [0, 0.1) is 0 Å². The molecular weight excluding hydrogens is 264 g/mol. The first-order chi connectivity index (χ1) is 10.3. The van der Waals surface area contributed by atoms with Crippen LogP contribution in [-0.4, -0.2) is 18.7 Å². The molecule has 0 saturated carbocycles. The summed E-state index contributed by atoms with van der Waals surface area (Å²) in [5.74, 6) is 0.469. The Kier molecular flexibility index (Phi) is 9.34. The summed E-state index contributed by atoms with van der Waals surface area (Å²) in [7, 11) is 0. The number of hydrogen-bond donors (Lipinski definition) is 0. The van der Waals surface area contributed by atoms with Crippen molar-refractivity contribution in [1.29, 1.82) is 0 Å². The van der Waals surface area contributed by atoms with Gasteiger partial charge in [0, 0.05) is 0 Å². The van der Waals surface area contributed by atoms with E-state index in [1.54, 1.807) is 0 Å². The molecule has 3 nitrogen and oxygen atoms in total. The van der Waals surface area contributed by atoms with Gasteiger partial charge in [-0.2, -0.15) is 0 Å². The molecule has 118 valence electrons. The van der Waals surface area contributed by atoms with Gasteiger partial charge in [-0.15, -0.1) is 0 Å². The van der Waals surface area contributed by atoms with E-state index in [1.165, 1.54) is 25.7 Å². The Bertz CT molecular complexity index is 375. The zero-order valence-electron chi connectivity index (χ0n) is 13.3. The molecule has 21 heavy (non-hydrogen) atoms. The number of carbonyl (C=O) groups is 1. The molecule has 0 aromatic heterocycles. The van der Waals surface area contributed by atoms with E-state index >= 15 is 0 Å². The molecule has 1 aromatic carbocycles. The highest BCUT2D eigenvalue weighted by atomic mass is 16.6. The lowest BCUT2D eigenvalue weighted by Crippen LogP contribution is -2.29. The van der Waals surface area contributed by atoms with E-state index in [0.29, 0.717) is 6.61 Å². The molecule has 0 radical (unpaired) electrons. The Morgan fingerprint density at radius 3 is 2.33 bits per heavy atom. The van der Waals surface area contributed by atoms with Crippen molar-refractivity contribution in [3.05, 3.63) is 30.3 Å². The summed E-state index contributed by atoms with van der Waals surface area (Å²) < 4.78 is 10.9. The van der Waals surface area contributed by atoms with Crippen LogP contribution in [0.5, 0.6) is 5.75 Å². The van der Waals surface area contributed by atoms with E-state index in [-0.39, 0.29) is 5.97 Å². The van der Waals surface area contributed by atoms with Crippen LogP contribution in [0.15, 0.2) is 30.3 Å². The number of unbranched alkanes of at least 4 members (excludes halogenated alkanes) is 5. The lowest BCUT2D eigenvalue weighted by atomic mass is 10.1. The Hall–Kier alpha value is -1.51. The highest BCUT2D eigenvalue weighted by molar-refractivity contribution is 5.75. The van der Waals surface area contributed by atoms with Crippen molar-refractivity contribution < 1.29 is 14.3 Å². The van der Waals surface area contributed by atoms with Crippen LogP contribution < -0.4 is 4.74 Å². The van der Waals surface area contributed by atoms with Crippen LogP contribution in [0.25, 0.3) is 0 Å². The lowest BCUT2D eigenvalue weighted by molar-refractivity contribution is -0.151. The van der Waals surface area contributed by atoms with Crippen LogP contribution in [0.4, 0.5) is 0 Å². The van der Waals surface area contributed by atoms with Crippen LogP contribution >= 0.6 is 0 Å². The van der Waals surface area contributed by atoms with Crippen molar-refractivity contribution in [3.8, 4) is 5.75 Å². The number of para-hydroxylation sites is 1. The van der Waals surface area contributed by atoms with E-state index in [9.17, 15) is 4.79 Å². The molecule has 1 atom stereocenters. The molecule has 0 aliphatic carbocycles. The molecule has 1 unspecified atom stereocenters. The van der Waals surface area contributed by atoms with Crippen LogP contribution in [-0.2, 0) is 9.53 Å². The second-order valence-electron chi connectivity index (χ2n) is 5.23. The van der Waals surface area contributed by atoms with E-state index in [1.807, 2.05) is 37.3 Å². The fraction of sp³-hybridized carbons (Fsp3) is 0.611. The monoisotopic (exact) mass is 292 g/mol. The van der Waals surface area contributed by atoms with Gasteiger partial charge in [0.2, 0.25) is 0 Å². The van der Waals surface area contributed by atoms with E-state index in [2.05, 4.69) is 6.92 Å². The maximum absolute atomic E-state index is 12.0. The molecule has 3 heteroatoms. The zero-order chi connectivity index (χ0) is 15.3. The van der Waals surface area contributed by atoms with Crippen molar-refractivity contribution >= 4 is 5.97 Å². The Labute approximate surface area is 128 Å². The third-order valence-corrected chi connectivity index (χ3v) is 3.39. The summed E-state index contributed by atoms with van der Waals surface area (Å²) in [5.41, 5.74) is 0. The molecule has 0 amide bonds. The summed E-state index contributed by atoms with van der Waals surface area (Å²) in [5, 5.41) is 0. The van der Waals surface area contributed by atoms with Gasteiger partial charge in [0.1, 0.15) is 5.75 Å². The Morgan fingerprint density at radius 1 is 1.00 bits per heavy atom. The molecule has 0 aliphatic heterocycles. The average molecular weight is 292 g/mol. The van der Waals surface area contributed by atoms with Gasteiger partial charge < -0.3 is 9.47 Å². The minimum atomic E-state index is -0.487. The molecule has 0 bridgehead atoms. The summed E-state index contributed by atoms with van der Waals surface area (Å²) >= 11 is 0. The van der Waals surface area contributed by atoms with Crippen molar-refractivity contribution in [2.75, 3.05) is 6.61 Å². The number of hydrogen-bond acceptors (Lipinski definition) is 3. The SMILES string of the molecule is CCCCCCCCC(Oc1ccccc1)C(=O)OCC. The van der Waals surface area contributed by atoms with Crippen LogP contribution in [0.2, 0.25) is 0 Å². The molecule has 0 spiro atoms. The maximum atomic E-state index is 12.0. The number of esters is 1. The first-order valence-electron chi connectivity index (χ1n) is 8.16. The third kappa shape index (κ3) is 7.74. The lowest BCUT2D eigenvalue weighted by Gasteiger charge is -2.17. The molecule has 0 aliphatic rings. The number of rotatable bonds is 11. The predicted octanol–water partition coefficient (Wildman–Crippen LogP) is 4.75. The van der Waals surface area contributed by atoms with E-state index < -0.39 is 6.10 Å². The standard InChI is InChI=1S/C18H28O3/c1-3-5-6-7-8-12-15-17(18(19)20-4-2)21-16-13-10-9-11-14-16/h9-11,13-14,17H,3-8,12,15H2,1-2H3. The Balaban J connectivity index is 2.40. The van der Waals surface area contributed by atoms with Crippen LogP contribution in [0.1, 0.15) is 58.8 Å². The Morgan fingerprint density at radius 2 is 1.67 bits per heavy atom. The van der Waals surface area contributed by atoms with Gasteiger partial charge in [0.05, 0.1) is 6.61 Å². The largest absolute Gasteiger partial charge is 0.479 e. The second-order valence-corrected chi connectivity index (χ2v) is 5.23. The third-order valence-electron chi connectivity index (χ3n) is 3.39. The number of carbonyl (C=O) groups excluding carboxylic acids is 1. The molecule has 0 saturated heterocycles. The minimum absolute atomic E-state index is 0.255. The van der Waals surface area contributed by atoms with Crippen LogP contribution in [0.3, 0.4) is 0 Å². The molecule has 0 fully saturated rings. The van der Waals surface area contributed by atoms with Gasteiger partial charge in [-0.05, 0) is 31.9 Å². The van der Waals surface area contributed by atoms with Crippen molar-refractivity contribution in [2.24, 2.45) is 0 Å². The molecule has 1 rings (SSSR count).